The molecular weight excluding hydrogens is 543 g/mol. The minimum atomic E-state index is -4.43. The predicted octanol–water partition coefficient (Wildman–Crippen LogP) is 4.79. The Morgan fingerprint density at radius 1 is 1.05 bits per heavy atom. The second-order valence-corrected chi connectivity index (χ2v) is 13.2. The first-order chi connectivity index (χ1) is 18.9. The second kappa shape index (κ2) is 11.0. The Hall–Kier alpha value is -2.63. The van der Waals surface area contributed by atoms with E-state index in [1.54, 1.807) is 9.21 Å². The van der Waals surface area contributed by atoms with Gasteiger partial charge in [0.2, 0.25) is 10.0 Å². The molecule has 0 spiro atoms. The van der Waals surface area contributed by atoms with Gasteiger partial charge in [0.25, 0.3) is 5.91 Å². The Balaban J connectivity index is 1.17. The molecule has 218 valence electrons. The number of hydrogen-bond acceptors (Lipinski definition) is 5. The molecule has 1 amide bonds. The Kier molecular flexibility index (Phi) is 7.93. The topological polar surface area (TPSA) is 70.2 Å². The first kappa shape index (κ1) is 28.9. The highest BCUT2D eigenvalue weighted by atomic mass is 32.2. The molecule has 11 heteroatoms. The summed E-state index contributed by atoms with van der Waals surface area (Å²) < 4.78 is 70.2. The van der Waals surface area contributed by atoms with Gasteiger partial charge in [0.15, 0.2) is 0 Å². The number of alkyl halides is 3. The van der Waals surface area contributed by atoms with Crippen molar-refractivity contribution < 1.29 is 31.1 Å². The van der Waals surface area contributed by atoms with Crippen LogP contribution in [-0.4, -0.2) is 79.1 Å². The van der Waals surface area contributed by atoms with Crippen LogP contribution in [0, 0.1) is 13.8 Å². The third-order valence-corrected chi connectivity index (χ3v) is 10.7. The number of carbonyl (C=O) groups is 1. The lowest BCUT2D eigenvalue weighted by atomic mass is 9.96. The van der Waals surface area contributed by atoms with Crippen LogP contribution in [0.1, 0.15) is 64.8 Å². The van der Waals surface area contributed by atoms with Gasteiger partial charge in [-0.05, 0) is 87.1 Å². The zero-order valence-electron chi connectivity index (χ0n) is 23.1. The van der Waals surface area contributed by atoms with Crippen LogP contribution in [0.3, 0.4) is 0 Å². The van der Waals surface area contributed by atoms with E-state index in [9.17, 15) is 26.4 Å². The molecule has 2 bridgehead atoms. The van der Waals surface area contributed by atoms with Crippen LogP contribution in [0.2, 0.25) is 0 Å². The number of sulfonamides is 1. The van der Waals surface area contributed by atoms with Gasteiger partial charge in [-0.2, -0.15) is 13.2 Å². The van der Waals surface area contributed by atoms with E-state index in [1.807, 2.05) is 13.0 Å². The number of nitrogens with zero attached hydrogens (tertiary/aromatic N) is 3. The Bertz CT molecular complexity index is 1360. The molecule has 40 heavy (non-hydrogen) atoms. The molecule has 3 aliphatic heterocycles. The number of likely N-dealkylation sites (tertiary alicyclic amines) is 2. The Morgan fingerprint density at radius 2 is 1.77 bits per heavy atom. The van der Waals surface area contributed by atoms with Crippen molar-refractivity contribution in [3.05, 3.63) is 64.2 Å². The summed E-state index contributed by atoms with van der Waals surface area (Å²) in [5, 5.41) is 0. The van der Waals surface area contributed by atoms with Crippen LogP contribution in [0.5, 0.6) is 5.75 Å². The van der Waals surface area contributed by atoms with Crippen molar-refractivity contribution in [1.82, 2.24) is 14.1 Å². The quantitative estimate of drug-likeness (QED) is 0.421. The van der Waals surface area contributed by atoms with E-state index in [-0.39, 0.29) is 35.3 Å². The standard InChI is InChI=1S/C29H36F3N3O4S/c1-19-20(2)27(39-14-4-12-33-13-5-15-40(33,37)38)11-10-26(19)21(3)34-17-25-16-24(34)18-35(25)28(36)22-6-8-23(9-7-22)29(30,31)32/h6-11,21,24-25H,4-5,12-18H2,1-3H3/t21-,24-,25-/m0/s1. The molecule has 2 aromatic carbocycles. The third-order valence-electron chi connectivity index (χ3n) is 8.74. The van der Waals surface area contributed by atoms with Crippen LogP contribution in [0.4, 0.5) is 13.2 Å². The second-order valence-electron chi connectivity index (χ2n) is 11.1. The summed E-state index contributed by atoms with van der Waals surface area (Å²) in [5.74, 6) is 0.816. The number of rotatable bonds is 8. The summed E-state index contributed by atoms with van der Waals surface area (Å²) in [6.07, 6.45) is -2.26. The van der Waals surface area contributed by atoms with Crippen molar-refractivity contribution in [3.63, 3.8) is 0 Å². The summed E-state index contributed by atoms with van der Waals surface area (Å²) in [6.45, 7) is 9.07. The molecule has 7 nitrogen and oxygen atoms in total. The van der Waals surface area contributed by atoms with Crippen molar-refractivity contribution >= 4 is 15.9 Å². The highest BCUT2D eigenvalue weighted by molar-refractivity contribution is 7.89. The van der Waals surface area contributed by atoms with Gasteiger partial charge in [-0.1, -0.05) is 6.07 Å². The van der Waals surface area contributed by atoms with E-state index < -0.39 is 21.8 Å². The zero-order chi connectivity index (χ0) is 28.8. The lowest BCUT2D eigenvalue weighted by Crippen LogP contribution is -2.49. The van der Waals surface area contributed by atoms with Gasteiger partial charge < -0.3 is 9.64 Å². The minimum absolute atomic E-state index is 0.0330. The molecule has 0 unspecified atom stereocenters. The molecule has 3 fully saturated rings. The molecule has 0 N–H and O–H groups in total. The number of benzene rings is 2. The third kappa shape index (κ3) is 5.60. The summed E-state index contributed by atoms with van der Waals surface area (Å²) in [5.41, 5.74) is 2.92. The van der Waals surface area contributed by atoms with Crippen molar-refractivity contribution in [2.75, 3.05) is 38.5 Å². The van der Waals surface area contributed by atoms with E-state index >= 15 is 0 Å². The summed E-state index contributed by atoms with van der Waals surface area (Å²) in [6, 6.07) is 8.88. The van der Waals surface area contributed by atoms with Gasteiger partial charge in [0.05, 0.1) is 17.9 Å². The first-order valence-electron chi connectivity index (χ1n) is 13.8. The summed E-state index contributed by atoms with van der Waals surface area (Å²) in [4.78, 5) is 17.3. The van der Waals surface area contributed by atoms with Gasteiger partial charge in [-0.3, -0.25) is 9.69 Å². The number of halogens is 3. The van der Waals surface area contributed by atoms with Crippen LogP contribution in [0.15, 0.2) is 36.4 Å². The maximum atomic E-state index is 13.1. The fourth-order valence-electron chi connectivity index (χ4n) is 6.36. The molecule has 5 rings (SSSR count). The lowest BCUT2D eigenvalue weighted by molar-refractivity contribution is -0.137. The Morgan fingerprint density at radius 3 is 2.38 bits per heavy atom. The van der Waals surface area contributed by atoms with Gasteiger partial charge in [-0.25, -0.2) is 12.7 Å². The maximum Gasteiger partial charge on any atom is 0.416 e. The average molecular weight is 580 g/mol. The van der Waals surface area contributed by atoms with Crippen LogP contribution in [-0.2, 0) is 16.2 Å². The number of carbonyl (C=O) groups excluding carboxylic acids is 1. The predicted molar refractivity (Wildman–Crippen MR) is 146 cm³/mol. The fourth-order valence-corrected chi connectivity index (χ4v) is 7.92. The molecule has 0 radical (unpaired) electrons. The normalized spacial score (nSPS) is 23.6. The highest BCUT2D eigenvalue weighted by Crippen LogP contribution is 2.40. The molecule has 3 saturated heterocycles. The molecule has 2 aromatic rings. The van der Waals surface area contributed by atoms with Crippen molar-refractivity contribution in [2.24, 2.45) is 0 Å². The SMILES string of the molecule is Cc1c(OCCCN2CCCS2(=O)=O)ccc([C@H](C)N2C[C@@H]3C[C@H]2CN3C(=O)c2ccc(C(F)(F)F)cc2)c1C. The minimum Gasteiger partial charge on any atom is -0.493 e. The number of amides is 1. The first-order valence-corrected chi connectivity index (χ1v) is 15.4. The highest BCUT2D eigenvalue weighted by Gasteiger charge is 2.47. The van der Waals surface area contributed by atoms with Crippen LogP contribution >= 0.6 is 0 Å². The largest absolute Gasteiger partial charge is 0.493 e. The summed E-state index contributed by atoms with van der Waals surface area (Å²) >= 11 is 0. The van der Waals surface area contributed by atoms with E-state index in [0.717, 1.165) is 35.4 Å². The molecular formula is C29H36F3N3O4S. The molecule has 3 atom stereocenters. The van der Waals surface area contributed by atoms with E-state index in [4.69, 9.17) is 4.74 Å². The average Bonchev–Trinajstić information content (AvgIpc) is 3.61. The fraction of sp³-hybridized carbons (Fsp3) is 0.552. The molecule has 3 heterocycles. The van der Waals surface area contributed by atoms with E-state index in [2.05, 4.69) is 24.8 Å². The summed E-state index contributed by atoms with van der Waals surface area (Å²) in [7, 11) is -3.09. The monoisotopic (exact) mass is 579 g/mol. The van der Waals surface area contributed by atoms with E-state index in [0.29, 0.717) is 45.6 Å². The van der Waals surface area contributed by atoms with Crippen molar-refractivity contribution in [1.29, 1.82) is 0 Å². The van der Waals surface area contributed by atoms with Crippen molar-refractivity contribution in [2.45, 2.75) is 64.3 Å². The zero-order valence-corrected chi connectivity index (χ0v) is 23.9. The maximum absolute atomic E-state index is 13.1. The van der Waals surface area contributed by atoms with Gasteiger partial charge in [0, 0.05) is 49.9 Å². The Labute approximate surface area is 233 Å². The molecule has 3 aliphatic rings. The van der Waals surface area contributed by atoms with Crippen LogP contribution in [0.25, 0.3) is 0 Å². The molecule has 0 aliphatic carbocycles. The number of piperazine rings is 1. The lowest BCUT2D eigenvalue weighted by Gasteiger charge is -2.38. The number of hydrogen-bond donors (Lipinski definition) is 0. The van der Waals surface area contributed by atoms with Crippen LogP contribution < -0.4 is 4.74 Å². The van der Waals surface area contributed by atoms with Gasteiger partial charge in [-0.15, -0.1) is 0 Å². The van der Waals surface area contributed by atoms with Gasteiger partial charge >= 0.3 is 6.18 Å². The number of fused-ring (bicyclic) bond motifs is 2. The molecule has 0 saturated carbocycles. The van der Waals surface area contributed by atoms with E-state index in [1.165, 1.54) is 17.7 Å². The molecule has 0 aromatic heterocycles. The number of ether oxygens (including phenoxy) is 1. The van der Waals surface area contributed by atoms with Crippen molar-refractivity contribution in [3.8, 4) is 5.75 Å². The smallest absolute Gasteiger partial charge is 0.416 e. The van der Waals surface area contributed by atoms with Gasteiger partial charge in [0.1, 0.15) is 5.75 Å².